The third kappa shape index (κ3) is 3.15. The molecule has 1 N–H and O–H groups in total. The molecule has 1 amide bonds. The SMILES string of the molecule is CCC(C(=O)NCc1nc2c(s1)CCCC2)n1cccn1. The molecule has 2 aromatic rings. The van der Waals surface area contributed by atoms with E-state index in [0.717, 1.165) is 24.3 Å². The van der Waals surface area contributed by atoms with E-state index in [1.54, 1.807) is 22.2 Å². The average Bonchev–Trinajstić information content (AvgIpc) is 3.14. The summed E-state index contributed by atoms with van der Waals surface area (Å²) < 4.78 is 1.71. The van der Waals surface area contributed by atoms with Crippen LogP contribution in [0.5, 0.6) is 0 Å². The first-order valence-corrected chi connectivity index (χ1v) is 8.34. The molecular weight excluding hydrogens is 284 g/mol. The number of nitrogens with zero attached hydrogens (tertiary/aromatic N) is 3. The summed E-state index contributed by atoms with van der Waals surface area (Å²) in [4.78, 5) is 18.4. The van der Waals surface area contributed by atoms with Crippen molar-refractivity contribution < 1.29 is 4.79 Å². The second-order valence-corrected chi connectivity index (χ2v) is 6.48. The van der Waals surface area contributed by atoms with Gasteiger partial charge in [-0.3, -0.25) is 9.48 Å². The van der Waals surface area contributed by atoms with E-state index in [4.69, 9.17) is 0 Å². The fraction of sp³-hybridized carbons (Fsp3) is 0.533. The van der Waals surface area contributed by atoms with Crippen molar-refractivity contribution in [2.24, 2.45) is 0 Å². The van der Waals surface area contributed by atoms with Gasteiger partial charge in [0, 0.05) is 17.3 Å². The largest absolute Gasteiger partial charge is 0.348 e. The van der Waals surface area contributed by atoms with Gasteiger partial charge in [-0.15, -0.1) is 11.3 Å². The molecule has 112 valence electrons. The normalized spacial score (nSPS) is 15.5. The van der Waals surface area contributed by atoms with Gasteiger partial charge in [0.15, 0.2) is 0 Å². The molecule has 1 aliphatic carbocycles. The summed E-state index contributed by atoms with van der Waals surface area (Å²) in [5.41, 5.74) is 1.25. The summed E-state index contributed by atoms with van der Waals surface area (Å²) in [6.07, 6.45) is 8.98. The fourth-order valence-electron chi connectivity index (χ4n) is 2.72. The Morgan fingerprint density at radius 1 is 1.48 bits per heavy atom. The van der Waals surface area contributed by atoms with Crippen molar-refractivity contribution in [2.75, 3.05) is 0 Å². The molecule has 2 aromatic heterocycles. The highest BCUT2D eigenvalue weighted by Crippen LogP contribution is 2.26. The third-order valence-corrected chi connectivity index (χ3v) is 4.99. The fourth-order valence-corrected chi connectivity index (χ4v) is 3.82. The monoisotopic (exact) mass is 304 g/mol. The summed E-state index contributed by atoms with van der Waals surface area (Å²) >= 11 is 1.75. The van der Waals surface area contributed by atoms with Crippen molar-refractivity contribution in [2.45, 2.75) is 51.6 Å². The number of rotatable bonds is 5. The molecule has 0 saturated carbocycles. The summed E-state index contributed by atoms with van der Waals surface area (Å²) in [5, 5.41) is 8.17. The van der Waals surface area contributed by atoms with E-state index < -0.39 is 0 Å². The van der Waals surface area contributed by atoms with Gasteiger partial charge in [0.2, 0.25) is 5.91 Å². The minimum absolute atomic E-state index is 0.00868. The Kier molecular flexibility index (Phi) is 4.34. The van der Waals surface area contributed by atoms with Crippen molar-refractivity contribution in [3.05, 3.63) is 34.0 Å². The second-order valence-electron chi connectivity index (χ2n) is 5.31. The van der Waals surface area contributed by atoms with Crippen LogP contribution >= 0.6 is 11.3 Å². The van der Waals surface area contributed by atoms with E-state index in [9.17, 15) is 4.79 Å². The zero-order valence-corrected chi connectivity index (χ0v) is 13.0. The van der Waals surface area contributed by atoms with Gasteiger partial charge in [-0.2, -0.15) is 5.10 Å². The van der Waals surface area contributed by atoms with E-state index in [1.165, 1.54) is 23.4 Å². The summed E-state index contributed by atoms with van der Waals surface area (Å²) in [6, 6.07) is 1.60. The number of aryl methyl sites for hydroxylation is 2. The Balaban J connectivity index is 1.61. The lowest BCUT2D eigenvalue weighted by Crippen LogP contribution is -2.32. The van der Waals surface area contributed by atoms with Gasteiger partial charge in [-0.25, -0.2) is 4.98 Å². The first kappa shape index (κ1) is 14.3. The zero-order valence-electron chi connectivity index (χ0n) is 12.2. The minimum Gasteiger partial charge on any atom is -0.348 e. The minimum atomic E-state index is -0.241. The van der Waals surface area contributed by atoms with Crippen LogP contribution in [0.4, 0.5) is 0 Å². The van der Waals surface area contributed by atoms with Crippen LogP contribution < -0.4 is 5.32 Å². The molecule has 0 fully saturated rings. The molecule has 5 nitrogen and oxygen atoms in total. The molecule has 0 saturated heterocycles. The smallest absolute Gasteiger partial charge is 0.245 e. The number of nitrogens with one attached hydrogen (secondary N) is 1. The molecule has 0 radical (unpaired) electrons. The second kappa shape index (κ2) is 6.39. The quantitative estimate of drug-likeness (QED) is 0.923. The standard InChI is InChI=1S/C15H20N4OS/c1-2-12(19-9-5-8-17-19)15(20)16-10-14-18-11-6-3-4-7-13(11)21-14/h5,8-9,12H,2-4,6-7,10H2,1H3,(H,16,20). The maximum absolute atomic E-state index is 12.3. The van der Waals surface area contributed by atoms with Crippen LogP contribution in [-0.2, 0) is 24.2 Å². The number of thiazole rings is 1. The first-order valence-electron chi connectivity index (χ1n) is 7.52. The van der Waals surface area contributed by atoms with Crippen LogP contribution in [0, 0.1) is 0 Å². The van der Waals surface area contributed by atoms with Crippen LogP contribution in [0.1, 0.15) is 47.8 Å². The van der Waals surface area contributed by atoms with Crippen molar-refractivity contribution >= 4 is 17.2 Å². The Bertz CT molecular complexity index is 582. The highest BCUT2D eigenvalue weighted by molar-refractivity contribution is 7.11. The maximum Gasteiger partial charge on any atom is 0.245 e. The Hall–Kier alpha value is -1.69. The molecular formula is C15H20N4OS. The van der Waals surface area contributed by atoms with E-state index >= 15 is 0 Å². The molecule has 0 spiro atoms. The van der Waals surface area contributed by atoms with Gasteiger partial charge in [0.1, 0.15) is 11.0 Å². The van der Waals surface area contributed by atoms with Crippen LogP contribution in [-0.4, -0.2) is 20.7 Å². The van der Waals surface area contributed by atoms with Gasteiger partial charge < -0.3 is 5.32 Å². The lowest BCUT2D eigenvalue weighted by molar-refractivity contribution is -0.124. The summed E-state index contributed by atoms with van der Waals surface area (Å²) in [7, 11) is 0. The van der Waals surface area contributed by atoms with E-state index in [0.29, 0.717) is 6.54 Å². The number of hydrogen-bond acceptors (Lipinski definition) is 4. The van der Waals surface area contributed by atoms with Gasteiger partial charge in [-0.1, -0.05) is 6.92 Å². The molecule has 0 aromatic carbocycles. The van der Waals surface area contributed by atoms with Crippen molar-refractivity contribution in [3.63, 3.8) is 0 Å². The summed E-state index contributed by atoms with van der Waals surface area (Å²) in [6.45, 7) is 2.52. The highest BCUT2D eigenvalue weighted by atomic mass is 32.1. The molecule has 2 heterocycles. The van der Waals surface area contributed by atoms with Gasteiger partial charge in [0.25, 0.3) is 0 Å². The van der Waals surface area contributed by atoms with Crippen LogP contribution in [0.25, 0.3) is 0 Å². The van der Waals surface area contributed by atoms with Gasteiger partial charge in [-0.05, 0) is 38.2 Å². The van der Waals surface area contributed by atoms with E-state index in [-0.39, 0.29) is 11.9 Å². The average molecular weight is 304 g/mol. The van der Waals surface area contributed by atoms with E-state index in [2.05, 4.69) is 15.4 Å². The molecule has 0 bridgehead atoms. The number of fused-ring (bicyclic) bond motifs is 1. The van der Waals surface area contributed by atoms with Crippen LogP contribution in [0.2, 0.25) is 0 Å². The molecule has 0 aliphatic heterocycles. The van der Waals surface area contributed by atoms with Crippen molar-refractivity contribution in [1.29, 1.82) is 0 Å². The Labute approximate surface area is 128 Å². The molecule has 21 heavy (non-hydrogen) atoms. The highest BCUT2D eigenvalue weighted by Gasteiger charge is 2.20. The first-order chi connectivity index (χ1) is 10.3. The third-order valence-electron chi connectivity index (χ3n) is 3.84. The van der Waals surface area contributed by atoms with Gasteiger partial charge in [0.05, 0.1) is 12.2 Å². The molecule has 1 atom stereocenters. The van der Waals surface area contributed by atoms with Crippen molar-refractivity contribution in [3.8, 4) is 0 Å². The topological polar surface area (TPSA) is 59.8 Å². The molecule has 1 unspecified atom stereocenters. The lowest BCUT2D eigenvalue weighted by atomic mass is 10.0. The number of hydrogen-bond donors (Lipinski definition) is 1. The predicted molar refractivity (Wildman–Crippen MR) is 82.2 cm³/mol. The van der Waals surface area contributed by atoms with Gasteiger partial charge >= 0.3 is 0 Å². The van der Waals surface area contributed by atoms with E-state index in [1.807, 2.05) is 19.2 Å². The summed E-state index contributed by atoms with van der Waals surface area (Å²) in [5.74, 6) is 0.00868. The predicted octanol–water partition coefficient (Wildman–Crippen LogP) is 2.49. The number of amides is 1. The number of aromatic nitrogens is 3. The Morgan fingerprint density at radius 3 is 3.05 bits per heavy atom. The molecule has 1 aliphatic rings. The van der Waals surface area contributed by atoms with Crippen LogP contribution in [0.15, 0.2) is 18.5 Å². The lowest BCUT2D eigenvalue weighted by Gasteiger charge is -2.14. The Morgan fingerprint density at radius 2 is 2.33 bits per heavy atom. The van der Waals surface area contributed by atoms with Crippen LogP contribution in [0.3, 0.4) is 0 Å². The molecule has 3 rings (SSSR count). The van der Waals surface area contributed by atoms with Crippen molar-refractivity contribution in [1.82, 2.24) is 20.1 Å². The number of carbonyl (C=O) groups excluding carboxylic acids is 1. The molecule has 6 heteroatoms. The maximum atomic E-state index is 12.3. The number of carbonyl (C=O) groups is 1. The zero-order chi connectivity index (χ0) is 14.7.